The number of aliphatic hydroxyl groups excluding tert-OH is 1. The van der Waals surface area contributed by atoms with Gasteiger partial charge in [0.05, 0.1) is 11.4 Å². The van der Waals surface area contributed by atoms with E-state index in [-0.39, 0.29) is 17.2 Å². The van der Waals surface area contributed by atoms with E-state index in [0.717, 1.165) is 5.56 Å². The maximum Gasteiger partial charge on any atom is 0.147 e. The summed E-state index contributed by atoms with van der Waals surface area (Å²) in [5, 5.41) is 9.38. The zero-order valence-corrected chi connectivity index (χ0v) is 9.97. The smallest absolute Gasteiger partial charge is 0.147 e. The van der Waals surface area contributed by atoms with Crippen molar-refractivity contribution < 1.29 is 9.90 Å². The number of hydrogen-bond donors (Lipinski definition) is 1. The third-order valence-electron chi connectivity index (χ3n) is 1.90. The SMILES string of the molecule is CC(=O)C(Br)c1ccc(CO)c(Cl)c1. The monoisotopic (exact) mass is 276 g/mol. The normalized spacial score (nSPS) is 12.6. The number of hydrogen-bond acceptors (Lipinski definition) is 2. The van der Waals surface area contributed by atoms with Crippen molar-refractivity contribution in [1.29, 1.82) is 0 Å². The standard InChI is InChI=1S/C10H10BrClO2/c1-6(14)10(11)7-2-3-8(5-13)9(12)4-7/h2-4,10,13H,5H2,1H3. The summed E-state index contributed by atoms with van der Waals surface area (Å²) in [5.74, 6) is 0.0258. The Hall–Kier alpha value is -0.380. The maximum absolute atomic E-state index is 11.1. The number of carbonyl (C=O) groups is 1. The molecule has 1 N–H and O–H groups in total. The highest BCUT2D eigenvalue weighted by atomic mass is 79.9. The Morgan fingerprint density at radius 3 is 2.71 bits per heavy atom. The van der Waals surface area contributed by atoms with Crippen LogP contribution >= 0.6 is 27.5 Å². The molecule has 0 saturated heterocycles. The van der Waals surface area contributed by atoms with E-state index in [0.29, 0.717) is 10.6 Å². The van der Waals surface area contributed by atoms with Gasteiger partial charge in [0.2, 0.25) is 0 Å². The van der Waals surface area contributed by atoms with Crippen LogP contribution in [-0.4, -0.2) is 10.9 Å². The van der Waals surface area contributed by atoms with Crippen LogP contribution in [0.25, 0.3) is 0 Å². The van der Waals surface area contributed by atoms with Crippen LogP contribution < -0.4 is 0 Å². The summed E-state index contributed by atoms with van der Waals surface area (Å²) < 4.78 is 0. The van der Waals surface area contributed by atoms with E-state index in [1.807, 2.05) is 0 Å². The minimum atomic E-state index is -0.326. The Balaban J connectivity index is 3.02. The van der Waals surface area contributed by atoms with Gasteiger partial charge >= 0.3 is 0 Å². The molecule has 1 rings (SSSR count). The molecule has 0 aromatic heterocycles. The fourth-order valence-corrected chi connectivity index (χ4v) is 1.62. The van der Waals surface area contributed by atoms with Crippen LogP contribution in [0.3, 0.4) is 0 Å². The lowest BCUT2D eigenvalue weighted by Gasteiger charge is -2.08. The molecule has 0 spiro atoms. The first-order chi connectivity index (χ1) is 6.56. The van der Waals surface area contributed by atoms with Gasteiger partial charge in [-0.1, -0.05) is 39.7 Å². The van der Waals surface area contributed by atoms with Gasteiger partial charge in [0.15, 0.2) is 0 Å². The van der Waals surface area contributed by atoms with Crippen LogP contribution in [0.4, 0.5) is 0 Å². The third kappa shape index (κ3) is 2.56. The van der Waals surface area contributed by atoms with Crippen LogP contribution in [0.2, 0.25) is 5.02 Å². The predicted octanol–water partition coefficient (Wildman–Crippen LogP) is 2.86. The highest BCUT2D eigenvalue weighted by molar-refractivity contribution is 9.09. The third-order valence-corrected chi connectivity index (χ3v) is 3.42. The Morgan fingerprint density at radius 1 is 1.64 bits per heavy atom. The van der Waals surface area contributed by atoms with Crippen LogP contribution in [0, 0.1) is 0 Å². The fraction of sp³-hybridized carbons (Fsp3) is 0.300. The second-order valence-corrected chi connectivity index (χ2v) is 4.31. The van der Waals surface area contributed by atoms with Gasteiger partial charge in [-0.05, 0) is 24.1 Å². The summed E-state index contributed by atoms with van der Waals surface area (Å²) in [6.07, 6.45) is 0. The van der Waals surface area contributed by atoms with Gasteiger partial charge in [-0.3, -0.25) is 4.79 Å². The molecule has 0 heterocycles. The number of halogens is 2. The van der Waals surface area contributed by atoms with E-state index in [1.165, 1.54) is 6.92 Å². The number of rotatable bonds is 3. The van der Waals surface area contributed by atoms with Crippen molar-refractivity contribution in [1.82, 2.24) is 0 Å². The van der Waals surface area contributed by atoms with Crippen molar-refractivity contribution in [2.24, 2.45) is 0 Å². The molecule has 0 saturated carbocycles. The molecule has 76 valence electrons. The molecule has 0 radical (unpaired) electrons. The van der Waals surface area contributed by atoms with E-state index in [4.69, 9.17) is 16.7 Å². The molecule has 4 heteroatoms. The molecule has 0 fully saturated rings. The predicted molar refractivity (Wildman–Crippen MR) is 59.7 cm³/mol. The molecule has 0 aliphatic carbocycles. The Bertz CT molecular complexity index is 352. The summed E-state index contributed by atoms with van der Waals surface area (Å²) in [7, 11) is 0. The van der Waals surface area contributed by atoms with Gasteiger partial charge in [0.25, 0.3) is 0 Å². The second kappa shape index (κ2) is 4.91. The highest BCUT2D eigenvalue weighted by Crippen LogP contribution is 2.27. The van der Waals surface area contributed by atoms with E-state index >= 15 is 0 Å². The number of alkyl halides is 1. The van der Waals surface area contributed by atoms with Gasteiger partial charge in [0, 0.05) is 5.02 Å². The van der Waals surface area contributed by atoms with Gasteiger partial charge < -0.3 is 5.11 Å². The summed E-state index contributed by atoms with van der Waals surface area (Å²) >= 11 is 9.15. The molecule has 2 nitrogen and oxygen atoms in total. The summed E-state index contributed by atoms with van der Waals surface area (Å²) in [4.78, 5) is 10.7. The van der Waals surface area contributed by atoms with Gasteiger partial charge in [0.1, 0.15) is 5.78 Å². The van der Waals surface area contributed by atoms with Crippen molar-refractivity contribution in [2.75, 3.05) is 0 Å². The minimum absolute atomic E-state index is 0.0258. The number of aliphatic hydroxyl groups is 1. The van der Waals surface area contributed by atoms with Crippen LogP contribution in [0.1, 0.15) is 22.9 Å². The lowest BCUT2D eigenvalue weighted by atomic mass is 10.1. The largest absolute Gasteiger partial charge is 0.392 e. The number of Topliss-reactive ketones (excluding diaryl/α,β-unsaturated/α-hetero) is 1. The first kappa shape index (κ1) is 11.7. The summed E-state index contributed by atoms with van der Waals surface area (Å²) in [5.41, 5.74) is 1.47. The molecule has 0 amide bonds. The van der Waals surface area contributed by atoms with E-state index in [2.05, 4.69) is 15.9 Å². The molecule has 14 heavy (non-hydrogen) atoms. The average Bonchev–Trinajstić information content (AvgIpc) is 2.16. The maximum atomic E-state index is 11.1. The fourth-order valence-electron chi connectivity index (χ4n) is 1.08. The lowest BCUT2D eigenvalue weighted by molar-refractivity contribution is -0.116. The van der Waals surface area contributed by atoms with Crippen LogP contribution in [0.15, 0.2) is 18.2 Å². The number of ketones is 1. The van der Waals surface area contributed by atoms with Crippen LogP contribution in [0.5, 0.6) is 0 Å². The molecule has 1 aromatic rings. The van der Waals surface area contributed by atoms with Crippen molar-refractivity contribution in [3.8, 4) is 0 Å². The van der Waals surface area contributed by atoms with Crippen molar-refractivity contribution in [2.45, 2.75) is 18.4 Å². The quantitative estimate of drug-likeness (QED) is 0.863. The van der Waals surface area contributed by atoms with Crippen molar-refractivity contribution in [3.63, 3.8) is 0 Å². The van der Waals surface area contributed by atoms with E-state index in [1.54, 1.807) is 18.2 Å². The van der Waals surface area contributed by atoms with Crippen molar-refractivity contribution >= 4 is 33.3 Å². The minimum Gasteiger partial charge on any atom is -0.392 e. The molecule has 0 aliphatic rings. The van der Waals surface area contributed by atoms with E-state index in [9.17, 15) is 4.79 Å². The lowest BCUT2D eigenvalue weighted by Crippen LogP contribution is -2.01. The zero-order valence-electron chi connectivity index (χ0n) is 7.63. The molecule has 1 unspecified atom stereocenters. The summed E-state index contributed by atoms with van der Waals surface area (Å²) in [6, 6.07) is 5.18. The van der Waals surface area contributed by atoms with Gasteiger partial charge in [-0.25, -0.2) is 0 Å². The first-order valence-electron chi connectivity index (χ1n) is 4.10. The Labute approximate surface area is 96.0 Å². The molecule has 0 aliphatic heterocycles. The highest BCUT2D eigenvalue weighted by Gasteiger charge is 2.13. The topological polar surface area (TPSA) is 37.3 Å². The Kier molecular flexibility index (Phi) is 4.11. The second-order valence-electron chi connectivity index (χ2n) is 2.98. The van der Waals surface area contributed by atoms with Crippen molar-refractivity contribution in [3.05, 3.63) is 34.3 Å². The van der Waals surface area contributed by atoms with E-state index < -0.39 is 0 Å². The summed E-state index contributed by atoms with van der Waals surface area (Å²) in [6.45, 7) is 1.42. The molecule has 1 aromatic carbocycles. The average molecular weight is 278 g/mol. The molecular weight excluding hydrogens is 267 g/mol. The molecule has 0 bridgehead atoms. The Morgan fingerprint density at radius 2 is 2.29 bits per heavy atom. The number of benzene rings is 1. The molecular formula is C10H10BrClO2. The zero-order chi connectivity index (χ0) is 10.7. The number of carbonyl (C=O) groups excluding carboxylic acids is 1. The molecule has 1 atom stereocenters. The van der Waals surface area contributed by atoms with Crippen LogP contribution in [-0.2, 0) is 11.4 Å². The van der Waals surface area contributed by atoms with Gasteiger partial charge in [-0.2, -0.15) is 0 Å². The first-order valence-corrected chi connectivity index (χ1v) is 5.39. The van der Waals surface area contributed by atoms with Gasteiger partial charge in [-0.15, -0.1) is 0 Å².